The number of aliphatic hydroxyl groups excluding tert-OH is 1. The van der Waals surface area contributed by atoms with E-state index in [1.807, 2.05) is 29.2 Å². The average Bonchev–Trinajstić information content (AvgIpc) is 2.49. The minimum atomic E-state index is -0.484. The van der Waals surface area contributed by atoms with E-state index in [9.17, 15) is 4.79 Å². The first-order valence-corrected chi connectivity index (χ1v) is 7.71. The van der Waals surface area contributed by atoms with Crippen LogP contribution in [0.5, 0.6) is 5.75 Å². The molecule has 1 aromatic carbocycles. The molecule has 0 bridgehead atoms. The van der Waals surface area contributed by atoms with Gasteiger partial charge >= 0.3 is 0 Å². The lowest BCUT2D eigenvalue weighted by molar-refractivity contribution is -0.139. The van der Waals surface area contributed by atoms with E-state index in [4.69, 9.17) is 9.84 Å². The summed E-state index contributed by atoms with van der Waals surface area (Å²) >= 11 is 3.36. The van der Waals surface area contributed by atoms with Crippen LogP contribution in [0.25, 0.3) is 0 Å². The van der Waals surface area contributed by atoms with Crippen LogP contribution in [0, 0.1) is 5.92 Å². The number of carbonyl (C=O) groups is 1. The summed E-state index contributed by atoms with van der Waals surface area (Å²) in [4.78, 5) is 14.1. The number of likely N-dealkylation sites (tertiary alicyclic amines) is 1. The van der Waals surface area contributed by atoms with Crippen LogP contribution in [-0.4, -0.2) is 41.7 Å². The number of hydrogen-bond donors (Lipinski definition) is 1. The quantitative estimate of drug-likeness (QED) is 0.914. The van der Waals surface area contributed by atoms with Gasteiger partial charge in [-0.15, -0.1) is 0 Å². The molecule has 20 heavy (non-hydrogen) atoms. The number of benzene rings is 1. The maximum absolute atomic E-state index is 12.3. The summed E-state index contributed by atoms with van der Waals surface area (Å²) in [6.45, 7) is 3.41. The van der Waals surface area contributed by atoms with Gasteiger partial charge in [-0.2, -0.15) is 0 Å². The molecule has 1 aliphatic heterocycles. The first kappa shape index (κ1) is 15.3. The zero-order valence-corrected chi connectivity index (χ0v) is 13.2. The zero-order valence-electron chi connectivity index (χ0n) is 11.6. The number of ether oxygens (including phenoxy) is 1. The van der Waals surface area contributed by atoms with Crippen LogP contribution in [0.3, 0.4) is 0 Å². The number of carbonyl (C=O) groups excluding carboxylic acids is 1. The topological polar surface area (TPSA) is 49.8 Å². The molecule has 0 saturated carbocycles. The molecule has 0 spiro atoms. The van der Waals surface area contributed by atoms with E-state index >= 15 is 0 Å². The van der Waals surface area contributed by atoms with Gasteiger partial charge in [-0.25, -0.2) is 0 Å². The Kier molecular flexibility index (Phi) is 5.43. The third kappa shape index (κ3) is 3.96. The van der Waals surface area contributed by atoms with E-state index in [1.165, 1.54) is 0 Å². The SMILES string of the molecule is C[C@@H](Oc1ccc(Br)cc1)C(=O)N1CCC(CO)CC1. The molecule has 1 fully saturated rings. The van der Waals surface area contributed by atoms with Gasteiger partial charge in [0, 0.05) is 24.2 Å². The van der Waals surface area contributed by atoms with Crippen molar-refractivity contribution in [3.8, 4) is 5.75 Å². The normalized spacial score (nSPS) is 17.9. The molecule has 1 atom stereocenters. The summed E-state index contributed by atoms with van der Waals surface area (Å²) in [5.74, 6) is 1.05. The molecule has 0 aromatic heterocycles. The van der Waals surface area contributed by atoms with Crippen molar-refractivity contribution in [3.05, 3.63) is 28.7 Å². The second-order valence-electron chi connectivity index (χ2n) is 5.17. The maximum Gasteiger partial charge on any atom is 0.263 e. The van der Waals surface area contributed by atoms with Crippen molar-refractivity contribution in [1.82, 2.24) is 4.90 Å². The molecule has 0 aliphatic carbocycles. The van der Waals surface area contributed by atoms with Gasteiger partial charge in [0.05, 0.1) is 0 Å². The Morgan fingerprint density at radius 1 is 1.40 bits per heavy atom. The highest BCUT2D eigenvalue weighted by atomic mass is 79.9. The predicted octanol–water partition coefficient (Wildman–Crippen LogP) is 2.45. The van der Waals surface area contributed by atoms with Gasteiger partial charge < -0.3 is 14.7 Å². The summed E-state index contributed by atoms with van der Waals surface area (Å²) in [6, 6.07) is 7.45. The van der Waals surface area contributed by atoms with Crippen LogP contribution in [0.4, 0.5) is 0 Å². The predicted molar refractivity (Wildman–Crippen MR) is 80.6 cm³/mol. The molecule has 1 aromatic rings. The van der Waals surface area contributed by atoms with E-state index in [0.717, 1.165) is 17.3 Å². The minimum absolute atomic E-state index is 0.0179. The lowest BCUT2D eigenvalue weighted by Crippen LogP contribution is -2.45. The number of nitrogens with zero attached hydrogens (tertiary/aromatic N) is 1. The number of piperidine rings is 1. The Morgan fingerprint density at radius 2 is 2.00 bits per heavy atom. The van der Waals surface area contributed by atoms with Crippen LogP contribution >= 0.6 is 15.9 Å². The third-order valence-corrected chi connectivity index (χ3v) is 4.19. The summed E-state index contributed by atoms with van der Waals surface area (Å²) in [5, 5.41) is 9.11. The molecule has 1 amide bonds. The fraction of sp³-hybridized carbons (Fsp3) is 0.533. The lowest BCUT2D eigenvalue weighted by Gasteiger charge is -2.32. The smallest absolute Gasteiger partial charge is 0.263 e. The van der Waals surface area contributed by atoms with Crippen LogP contribution in [0.2, 0.25) is 0 Å². The molecule has 5 heteroatoms. The van der Waals surface area contributed by atoms with Crippen molar-refractivity contribution in [2.24, 2.45) is 5.92 Å². The number of amides is 1. The average molecular weight is 342 g/mol. The largest absolute Gasteiger partial charge is 0.481 e. The Bertz CT molecular complexity index is 441. The standard InChI is InChI=1S/C15H20BrNO3/c1-11(20-14-4-2-13(16)3-5-14)15(19)17-8-6-12(10-18)7-9-17/h2-5,11-12,18H,6-10H2,1H3/t11-/m1/s1. The van der Waals surface area contributed by atoms with Crippen molar-refractivity contribution in [1.29, 1.82) is 0 Å². The Balaban J connectivity index is 1.87. The van der Waals surface area contributed by atoms with Gasteiger partial charge in [-0.1, -0.05) is 15.9 Å². The molecule has 1 heterocycles. The molecule has 1 N–H and O–H groups in total. The van der Waals surface area contributed by atoms with Crippen molar-refractivity contribution >= 4 is 21.8 Å². The molecule has 1 saturated heterocycles. The van der Waals surface area contributed by atoms with Crippen LogP contribution in [0.15, 0.2) is 28.7 Å². The fourth-order valence-corrected chi connectivity index (χ4v) is 2.63. The van der Waals surface area contributed by atoms with E-state index < -0.39 is 6.10 Å². The highest BCUT2D eigenvalue weighted by molar-refractivity contribution is 9.10. The van der Waals surface area contributed by atoms with Gasteiger partial charge in [0.15, 0.2) is 6.10 Å². The van der Waals surface area contributed by atoms with Gasteiger partial charge in [0.2, 0.25) is 0 Å². The van der Waals surface area contributed by atoms with E-state index in [1.54, 1.807) is 6.92 Å². The van der Waals surface area contributed by atoms with Crippen LogP contribution < -0.4 is 4.74 Å². The molecule has 0 unspecified atom stereocenters. The number of rotatable bonds is 4. The van der Waals surface area contributed by atoms with Crippen molar-refractivity contribution in [2.75, 3.05) is 19.7 Å². The fourth-order valence-electron chi connectivity index (χ4n) is 2.36. The molecule has 2 rings (SSSR count). The van der Waals surface area contributed by atoms with E-state index in [-0.39, 0.29) is 12.5 Å². The number of halogens is 1. The van der Waals surface area contributed by atoms with Gasteiger partial charge in [0.1, 0.15) is 5.75 Å². The maximum atomic E-state index is 12.3. The molecular formula is C15H20BrNO3. The Hall–Kier alpha value is -1.07. The Morgan fingerprint density at radius 3 is 2.55 bits per heavy atom. The number of aliphatic hydroxyl groups is 1. The zero-order chi connectivity index (χ0) is 14.5. The van der Waals surface area contributed by atoms with Gasteiger partial charge in [-0.3, -0.25) is 4.79 Å². The van der Waals surface area contributed by atoms with E-state index in [0.29, 0.717) is 24.8 Å². The van der Waals surface area contributed by atoms with Crippen LogP contribution in [0.1, 0.15) is 19.8 Å². The van der Waals surface area contributed by atoms with Crippen LogP contribution in [-0.2, 0) is 4.79 Å². The second kappa shape index (κ2) is 7.09. The first-order valence-electron chi connectivity index (χ1n) is 6.92. The summed E-state index contributed by atoms with van der Waals surface area (Å²) in [7, 11) is 0. The van der Waals surface area contributed by atoms with E-state index in [2.05, 4.69) is 15.9 Å². The molecular weight excluding hydrogens is 322 g/mol. The van der Waals surface area contributed by atoms with Crippen molar-refractivity contribution in [2.45, 2.75) is 25.9 Å². The highest BCUT2D eigenvalue weighted by Crippen LogP contribution is 2.20. The van der Waals surface area contributed by atoms with Gasteiger partial charge in [0.25, 0.3) is 5.91 Å². The number of hydrogen-bond acceptors (Lipinski definition) is 3. The summed E-state index contributed by atoms with van der Waals surface area (Å²) < 4.78 is 6.66. The first-order chi connectivity index (χ1) is 9.60. The monoisotopic (exact) mass is 341 g/mol. The highest BCUT2D eigenvalue weighted by Gasteiger charge is 2.26. The summed E-state index contributed by atoms with van der Waals surface area (Å²) in [6.07, 6.45) is 1.25. The lowest BCUT2D eigenvalue weighted by atomic mass is 9.97. The summed E-state index contributed by atoms with van der Waals surface area (Å²) in [5.41, 5.74) is 0. The third-order valence-electron chi connectivity index (χ3n) is 3.66. The van der Waals surface area contributed by atoms with Crippen molar-refractivity contribution < 1.29 is 14.6 Å². The van der Waals surface area contributed by atoms with Crippen molar-refractivity contribution in [3.63, 3.8) is 0 Å². The second-order valence-corrected chi connectivity index (χ2v) is 6.08. The van der Waals surface area contributed by atoms with Gasteiger partial charge in [-0.05, 0) is 49.9 Å². The molecule has 0 radical (unpaired) electrons. The Labute approximate surface area is 127 Å². The minimum Gasteiger partial charge on any atom is -0.481 e. The molecule has 1 aliphatic rings. The molecule has 110 valence electrons. The molecule has 4 nitrogen and oxygen atoms in total.